The maximum Gasteiger partial charge on any atom is 0.354 e. The second-order valence-electron chi connectivity index (χ2n) is 8.32. The third-order valence-corrected chi connectivity index (χ3v) is 6.01. The monoisotopic (exact) mass is 473 g/mol. The van der Waals surface area contributed by atoms with Crippen molar-refractivity contribution in [3.63, 3.8) is 0 Å². The van der Waals surface area contributed by atoms with Crippen LogP contribution in [0.2, 0.25) is 5.02 Å². The SMILES string of the molecule is COC(=O)c1[nH]c(C)c(C(O)=C2C(=O)C(=O)N(CCCN(C)C)[C@H]2c2cccc(Cl)c2)c1C. The summed E-state index contributed by atoms with van der Waals surface area (Å²) in [6.45, 7) is 4.38. The number of hydrogen-bond acceptors (Lipinski definition) is 6. The minimum Gasteiger partial charge on any atom is -0.507 e. The molecule has 0 bridgehead atoms. The molecule has 33 heavy (non-hydrogen) atoms. The quantitative estimate of drug-likeness (QED) is 0.276. The molecule has 0 unspecified atom stereocenters. The number of aryl methyl sites for hydroxylation is 1. The molecule has 1 aliphatic heterocycles. The minimum absolute atomic E-state index is 0.0336. The van der Waals surface area contributed by atoms with Crippen LogP contribution in [0.1, 0.15) is 45.3 Å². The van der Waals surface area contributed by atoms with Crippen LogP contribution in [-0.4, -0.2) is 71.8 Å². The highest BCUT2D eigenvalue weighted by molar-refractivity contribution is 6.46. The molecule has 1 saturated heterocycles. The Morgan fingerprint density at radius 3 is 2.58 bits per heavy atom. The Morgan fingerprint density at radius 1 is 1.27 bits per heavy atom. The van der Waals surface area contributed by atoms with Crippen molar-refractivity contribution in [3.05, 3.63) is 62.9 Å². The van der Waals surface area contributed by atoms with E-state index in [9.17, 15) is 19.5 Å². The van der Waals surface area contributed by atoms with Crippen molar-refractivity contribution in [2.75, 3.05) is 34.3 Å². The number of aliphatic hydroxyl groups excluding tert-OH is 1. The summed E-state index contributed by atoms with van der Waals surface area (Å²) in [7, 11) is 5.12. The van der Waals surface area contributed by atoms with Gasteiger partial charge in [-0.3, -0.25) is 9.59 Å². The van der Waals surface area contributed by atoms with E-state index in [0.717, 1.165) is 6.54 Å². The van der Waals surface area contributed by atoms with Crippen molar-refractivity contribution in [2.24, 2.45) is 0 Å². The largest absolute Gasteiger partial charge is 0.507 e. The number of carbonyl (C=O) groups excluding carboxylic acids is 3. The van der Waals surface area contributed by atoms with E-state index in [-0.39, 0.29) is 17.0 Å². The third-order valence-electron chi connectivity index (χ3n) is 5.77. The molecule has 0 aliphatic carbocycles. The number of likely N-dealkylation sites (tertiary alicyclic amines) is 1. The number of amides is 1. The van der Waals surface area contributed by atoms with Crippen molar-refractivity contribution in [1.29, 1.82) is 0 Å². The fourth-order valence-electron chi connectivity index (χ4n) is 4.24. The van der Waals surface area contributed by atoms with Crippen LogP contribution < -0.4 is 0 Å². The van der Waals surface area contributed by atoms with Crippen LogP contribution in [0.15, 0.2) is 29.8 Å². The summed E-state index contributed by atoms with van der Waals surface area (Å²) in [5.74, 6) is -2.39. The van der Waals surface area contributed by atoms with Crippen molar-refractivity contribution >= 4 is 35.0 Å². The van der Waals surface area contributed by atoms with Crippen LogP contribution in [0.25, 0.3) is 5.76 Å². The first-order valence-corrected chi connectivity index (χ1v) is 10.9. The predicted molar refractivity (Wildman–Crippen MR) is 125 cm³/mol. The summed E-state index contributed by atoms with van der Waals surface area (Å²) >= 11 is 6.21. The summed E-state index contributed by atoms with van der Waals surface area (Å²) in [6, 6.07) is 6.08. The highest BCUT2D eigenvalue weighted by Crippen LogP contribution is 2.41. The van der Waals surface area contributed by atoms with Crippen LogP contribution in [0, 0.1) is 13.8 Å². The molecule has 2 N–H and O–H groups in total. The maximum absolute atomic E-state index is 13.2. The number of Topliss-reactive ketones (excluding diaryl/α,β-unsaturated/α-hetero) is 1. The van der Waals surface area contributed by atoms with Gasteiger partial charge in [0.15, 0.2) is 0 Å². The number of carbonyl (C=O) groups is 3. The van der Waals surface area contributed by atoms with Gasteiger partial charge in [0.2, 0.25) is 0 Å². The van der Waals surface area contributed by atoms with Gasteiger partial charge in [0.05, 0.1) is 18.7 Å². The smallest absolute Gasteiger partial charge is 0.354 e. The van der Waals surface area contributed by atoms with E-state index in [2.05, 4.69) is 4.98 Å². The number of nitrogens with one attached hydrogen (secondary N) is 1. The Hall–Kier alpha value is -3.10. The van der Waals surface area contributed by atoms with Gasteiger partial charge < -0.3 is 24.6 Å². The molecule has 0 radical (unpaired) electrons. The molecule has 3 rings (SSSR count). The van der Waals surface area contributed by atoms with E-state index < -0.39 is 23.7 Å². The number of aromatic nitrogens is 1. The number of halogens is 1. The van der Waals surface area contributed by atoms with E-state index >= 15 is 0 Å². The molecule has 2 aromatic rings. The fourth-order valence-corrected chi connectivity index (χ4v) is 4.44. The molecule has 0 saturated carbocycles. The number of hydrogen-bond donors (Lipinski definition) is 2. The van der Waals surface area contributed by atoms with Gasteiger partial charge in [-0.05, 0) is 64.2 Å². The van der Waals surface area contributed by atoms with Crippen LogP contribution in [-0.2, 0) is 14.3 Å². The first kappa shape index (κ1) is 24.5. The first-order valence-electron chi connectivity index (χ1n) is 10.5. The molecule has 0 spiro atoms. The van der Waals surface area contributed by atoms with Crippen LogP contribution in [0.3, 0.4) is 0 Å². The van der Waals surface area contributed by atoms with E-state index in [1.807, 2.05) is 19.0 Å². The molecule has 9 heteroatoms. The zero-order valence-corrected chi connectivity index (χ0v) is 20.1. The minimum atomic E-state index is -0.805. The van der Waals surface area contributed by atoms with Gasteiger partial charge in [-0.2, -0.15) is 0 Å². The van der Waals surface area contributed by atoms with Gasteiger partial charge in [0, 0.05) is 22.8 Å². The van der Waals surface area contributed by atoms with E-state index in [1.54, 1.807) is 38.1 Å². The molecule has 1 amide bonds. The Morgan fingerprint density at radius 2 is 1.97 bits per heavy atom. The van der Waals surface area contributed by atoms with Gasteiger partial charge in [0.1, 0.15) is 11.5 Å². The Labute approximate surface area is 197 Å². The molecular formula is C24H28ClN3O5. The predicted octanol–water partition coefficient (Wildman–Crippen LogP) is 3.44. The summed E-state index contributed by atoms with van der Waals surface area (Å²) in [5, 5.41) is 11.8. The highest BCUT2D eigenvalue weighted by atomic mass is 35.5. The second-order valence-corrected chi connectivity index (χ2v) is 8.76. The van der Waals surface area contributed by atoms with Crippen molar-refractivity contribution < 1.29 is 24.2 Å². The lowest BCUT2D eigenvalue weighted by Crippen LogP contribution is -2.32. The molecule has 1 aliphatic rings. The molecule has 176 valence electrons. The molecule has 1 fully saturated rings. The highest BCUT2D eigenvalue weighted by Gasteiger charge is 2.46. The summed E-state index contributed by atoms with van der Waals surface area (Å²) < 4.78 is 4.80. The lowest BCUT2D eigenvalue weighted by atomic mass is 9.94. The number of methoxy groups -OCH3 is 1. The van der Waals surface area contributed by atoms with Gasteiger partial charge in [-0.1, -0.05) is 23.7 Å². The molecule has 1 aromatic heterocycles. The lowest BCUT2D eigenvalue weighted by Gasteiger charge is -2.26. The fraction of sp³-hybridized carbons (Fsp3) is 0.375. The number of esters is 1. The molecule has 1 atom stereocenters. The number of H-pyrrole nitrogens is 1. The van der Waals surface area contributed by atoms with Gasteiger partial charge in [-0.15, -0.1) is 0 Å². The topological polar surface area (TPSA) is 103 Å². The first-order chi connectivity index (χ1) is 15.6. The number of ketones is 1. The summed E-state index contributed by atoms with van der Waals surface area (Å²) in [6.07, 6.45) is 0.645. The van der Waals surface area contributed by atoms with Gasteiger partial charge in [-0.25, -0.2) is 4.79 Å². The molecule has 8 nitrogen and oxygen atoms in total. The zero-order valence-electron chi connectivity index (χ0n) is 19.4. The number of aliphatic hydroxyl groups is 1. The van der Waals surface area contributed by atoms with Crippen LogP contribution in [0.4, 0.5) is 0 Å². The van der Waals surface area contributed by atoms with Gasteiger partial charge in [0.25, 0.3) is 11.7 Å². The van der Waals surface area contributed by atoms with Gasteiger partial charge >= 0.3 is 5.97 Å². The number of benzene rings is 1. The van der Waals surface area contributed by atoms with E-state index in [4.69, 9.17) is 16.3 Å². The van der Waals surface area contributed by atoms with Crippen molar-refractivity contribution in [1.82, 2.24) is 14.8 Å². The summed E-state index contributed by atoms with van der Waals surface area (Å²) in [5.41, 5.74) is 1.97. The average molecular weight is 474 g/mol. The van der Waals surface area contributed by atoms with Crippen molar-refractivity contribution in [3.8, 4) is 0 Å². The van der Waals surface area contributed by atoms with Crippen LogP contribution >= 0.6 is 11.6 Å². The zero-order chi connectivity index (χ0) is 24.4. The normalized spacial score (nSPS) is 17.8. The number of rotatable bonds is 7. The van der Waals surface area contributed by atoms with Crippen LogP contribution in [0.5, 0.6) is 0 Å². The summed E-state index contributed by atoms with van der Waals surface area (Å²) in [4.78, 5) is 44.7. The average Bonchev–Trinajstić information content (AvgIpc) is 3.20. The standard InChI is InChI=1S/C24H28ClN3O5/c1-13-17(14(2)26-19(13)24(32)33-5)21(29)18-20(15-8-6-9-16(25)12-15)28(23(31)22(18)30)11-7-10-27(3)4/h6,8-9,12,20,26,29H,7,10-11H2,1-5H3/t20-/m0/s1. The number of ether oxygens (including phenoxy) is 1. The number of nitrogens with zero attached hydrogens (tertiary/aromatic N) is 2. The van der Waals surface area contributed by atoms with Crippen molar-refractivity contribution in [2.45, 2.75) is 26.3 Å². The second kappa shape index (κ2) is 9.80. The third kappa shape index (κ3) is 4.67. The Balaban J connectivity index is 2.18. The Bertz CT molecular complexity index is 1140. The lowest BCUT2D eigenvalue weighted by molar-refractivity contribution is -0.139. The Kier molecular flexibility index (Phi) is 7.29. The molecule has 2 heterocycles. The maximum atomic E-state index is 13.2. The van der Waals surface area contributed by atoms with E-state index in [1.165, 1.54) is 12.0 Å². The molecular weight excluding hydrogens is 446 g/mol. The molecule has 1 aromatic carbocycles. The van der Waals surface area contributed by atoms with E-state index in [0.29, 0.717) is 40.4 Å². The number of aromatic amines is 1.